The van der Waals surface area contributed by atoms with Gasteiger partial charge in [0.15, 0.2) is 11.6 Å². The van der Waals surface area contributed by atoms with Gasteiger partial charge in [0, 0.05) is 13.1 Å². The molecule has 0 saturated heterocycles. The van der Waals surface area contributed by atoms with E-state index < -0.39 is 11.6 Å². The first-order chi connectivity index (χ1) is 11.5. The zero-order valence-electron chi connectivity index (χ0n) is 13.6. The number of oxazole rings is 1. The molecule has 0 aliphatic heterocycles. The summed E-state index contributed by atoms with van der Waals surface area (Å²) in [6.07, 6.45) is 0. The molecular weight excluding hydrogens is 310 g/mol. The number of aromatic nitrogens is 1. The lowest BCUT2D eigenvalue weighted by Crippen LogP contribution is -2.17. The summed E-state index contributed by atoms with van der Waals surface area (Å²) in [4.78, 5) is 6.44. The van der Waals surface area contributed by atoms with E-state index >= 15 is 0 Å². The summed E-state index contributed by atoms with van der Waals surface area (Å²) in [6.45, 7) is 3.09. The van der Waals surface area contributed by atoms with E-state index in [1.54, 1.807) is 6.92 Å². The van der Waals surface area contributed by atoms with Crippen LogP contribution in [0.5, 0.6) is 0 Å². The second kappa shape index (κ2) is 6.93. The maximum atomic E-state index is 13.9. The van der Waals surface area contributed by atoms with Gasteiger partial charge in [0.1, 0.15) is 5.76 Å². The van der Waals surface area contributed by atoms with E-state index in [1.165, 1.54) is 17.7 Å². The summed E-state index contributed by atoms with van der Waals surface area (Å²) in [5.74, 6) is -1.14. The normalized spacial score (nSPS) is 11.2. The van der Waals surface area contributed by atoms with Crippen molar-refractivity contribution in [2.75, 3.05) is 7.05 Å². The highest BCUT2D eigenvalue weighted by molar-refractivity contribution is 5.54. The smallest absolute Gasteiger partial charge is 0.229 e. The maximum Gasteiger partial charge on any atom is 0.229 e. The average Bonchev–Trinajstić information content (AvgIpc) is 2.91. The molecule has 3 rings (SSSR count). The topological polar surface area (TPSA) is 29.3 Å². The molecule has 2 aromatic carbocycles. The summed E-state index contributed by atoms with van der Waals surface area (Å²) >= 11 is 0. The molecule has 124 valence electrons. The lowest BCUT2D eigenvalue weighted by atomic mass is 10.2. The third kappa shape index (κ3) is 3.51. The maximum absolute atomic E-state index is 13.9. The van der Waals surface area contributed by atoms with Crippen LogP contribution in [0.4, 0.5) is 8.78 Å². The van der Waals surface area contributed by atoms with Crippen LogP contribution in [0.25, 0.3) is 11.5 Å². The lowest BCUT2D eigenvalue weighted by molar-refractivity contribution is 0.313. The van der Waals surface area contributed by atoms with E-state index in [2.05, 4.69) is 22.0 Å². The largest absolute Gasteiger partial charge is 0.441 e. The number of rotatable bonds is 5. The van der Waals surface area contributed by atoms with Gasteiger partial charge in [-0.1, -0.05) is 36.4 Å². The number of aryl methyl sites for hydroxylation is 1. The molecule has 3 nitrogen and oxygen atoms in total. The Bertz CT molecular complexity index is 831. The van der Waals surface area contributed by atoms with E-state index in [1.807, 2.05) is 25.2 Å². The van der Waals surface area contributed by atoms with Gasteiger partial charge >= 0.3 is 0 Å². The predicted octanol–water partition coefficient (Wildman–Crippen LogP) is 4.56. The van der Waals surface area contributed by atoms with Gasteiger partial charge in [-0.05, 0) is 31.7 Å². The molecule has 0 aliphatic carbocycles. The van der Waals surface area contributed by atoms with Gasteiger partial charge in [-0.2, -0.15) is 0 Å². The second-order valence-corrected chi connectivity index (χ2v) is 5.78. The Kier molecular flexibility index (Phi) is 4.71. The number of halogens is 2. The van der Waals surface area contributed by atoms with Crippen molar-refractivity contribution in [2.45, 2.75) is 20.0 Å². The Morgan fingerprint density at radius 1 is 1.00 bits per heavy atom. The molecule has 0 spiro atoms. The summed E-state index contributed by atoms with van der Waals surface area (Å²) in [5.41, 5.74) is 1.94. The molecule has 1 heterocycles. The zero-order chi connectivity index (χ0) is 17.1. The summed E-state index contributed by atoms with van der Waals surface area (Å²) in [5, 5.41) is 0. The Labute approximate surface area is 139 Å². The molecule has 1 aromatic heterocycles. The quantitative estimate of drug-likeness (QED) is 0.687. The fourth-order valence-corrected chi connectivity index (χ4v) is 2.57. The van der Waals surface area contributed by atoms with E-state index in [0.717, 1.165) is 12.6 Å². The molecule has 0 amide bonds. The molecule has 0 N–H and O–H groups in total. The molecule has 0 atom stereocenters. The van der Waals surface area contributed by atoms with Crippen molar-refractivity contribution in [3.05, 3.63) is 77.2 Å². The van der Waals surface area contributed by atoms with Crippen molar-refractivity contribution in [3.63, 3.8) is 0 Å². The molecule has 0 saturated carbocycles. The predicted molar refractivity (Wildman–Crippen MR) is 88.2 cm³/mol. The molecule has 0 fully saturated rings. The highest BCUT2D eigenvalue weighted by Crippen LogP contribution is 2.26. The fraction of sp³-hybridized carbons (Fsp3) is 0.211. The van der Waals surface area contributed by atoms with Gasteiger partial charge in [0.05, 0.1) is 11.3 Å². The van der Waals surface area contributed by atoms with Crippen LogP contribution in [0.15, 0.2) is 52.9 Å². The number of nitrogens with zero attached hydrogens (tertiary/aromatic N) is 2. The molecule has 0 bridgehead atoms. The van der Waals surface area contributed by atoms with Crippen LogP contribution in [0.3, 0.4) is 0 Å². The lowest BCUT2D eigenvalue weighted by Gasteiger charge is -2.15. The van der Waals surface area contributed by atoms with Crippen molar-refractivity contribution in [1.82, 2.24) is 9.88 Å². The van der Waals surface area contributed by atoms with Gasteiger partial charge in [-0.25, -0.2) is 13.8 Å². The van der Waals surface area contributed by atoms with E-state index in [-0.39, 0.29) is 11.5 Å². The van der Waals surface area contributed by atoms with E-state index in [0.29, 0.717) is 18.0 Å². The first-order valence-electron chi connectivity index (χ1n) is 7.67. The van der Waals surface area contributed by atoms with Crippen LogP contribution in [-0.2, 0) is 13.1 Å². The Balaban J connectivity index is 1.78. The minimum absolute atomic E-state index is 0.0371. The average molecular weight is 328 g/mol. The fourth-order valence-electron chi connectivity index (χ4n) is 2.57. The van der Waals surface area contributed by atoms with Gasteiger partial charge in [0.25, 0.3) is 0 Å². The second-order valence-electron chi connectivity index (χ2n) is 5.78. The van der Waals surface area contributed by atoms with Crippen LogP contribution in [0.2, 0.25) is 0 Å². The highest BCUT2D eigenvalue weighted by Gasteiger charge is 2.18. The van der Waals surface area contributed by atoms with Crippen molar-refractivity contribution in [3.8, 4) is 11.5 Å². The Hall–Kier alpha value is -2.53. The van der Waals surface area contributed by atoms with Crippen LogP contribution in [0.1, 0.15) is 17.0 Å². The Morgan fingerprint density at radius 3 is 2.50 bits per heavy atom. The van der Waals surface area contributed by atoms with Crippen molar-refractivity contribution >= 4 is 0 Å². The molecule has 0 radical (unpaired) electrons. The molecule has 0 unspecified atom stereocenters. The minimum Gasteiger partial charge on any atom is -0.441 e. The SMILES string of the molecule is Cc1oc(-c2cccc(F)c2F)nc1CN(C)Cc1ccccc1. The third-order valence-corrected chi connectivity index (χ3v) is 3.79. The van der Waals surface area contributed by atoms with Crippen LogP contribution >= 0.6 is 0 Å². The number of benzene rings is 2. The third-order valence-electron chi connectivity index (χ3n) is 3.79. The summed E-state index contributed by atoms with van der Waals surface area (Å²) in [7, 11) is 1.98. The van der Waals surface area contributed by atoms with E-state index in [9.17, 15) is 8.78 Å². The number of hydrogen-bond acceptors (Lipinski definition) is 3. The molecule has 24 heavy (non-hydrogen) atoms. The zero-order valence-corrected chi connectivity index (χ0v) is 13.6. The minimum atomic E-state index is -0.942. The summed E-state index contributed by atoms with van der Waals surface area (Å²) < 4.78 is 32.8. The van der Waals surface area contributed by atoms with Crippen LogP contribution in [0, 0.1) is 18.6 Å². The first kappa shape index (κ1) is 16.3. The van der Waals surface area contributed by atoms with Gasteiger partial charge in [-0.15, -0.1) is 0 Å². The summed E-state index contributed by atoms with van der Waals surface area (Å²) in [6, 6.07) is 14.0. The van der Waals surface area contributed by atoms with Crippen molar-refractivity contribution < 1.29 is 13.2 Å². The van der Waals surface area contributed by atoms with Crippen LogP contribution in [-0.4, -0.2) is 16.9 Å². The molecular formula is C19H18F2N2O. The Morgan fingerprint density at radius 2 is 1.75 bits per heavy atom. The van der Waals surface area contributed by atoms with Gasteiger partial charge in [0.2, 0.25) is 5.89 Å². The molecule has 3 aromatic rings. The standard InChI is InChI=1S/C19H18F2N2O/c1-13-17(12-23(2)11-14-7-4-3-5-8-14)22-19(24-13)15-9-6-10-16(20)18(15)21/h3-10H,11-12H2,1-2H3. The highest BCUT2D eigenvalue weighted by atomic mass is 19.2. The van der Waals surface area contributed by atoms with Crippen molar-refractivity contribution in [2.24, 2.45) is 0 Å². The monoisotopic (exact) mass is 328 g/mol. The molecule has 0 aliphatic rings. The number of hydrogen-bond donors (Lipinski definition) is 0. The van der Waals surface area contributed by atoms with Gasteiger partial charge < -0.3 is 4.42 Å². The van der Waals surface area contributed by atoms with Crippen molar-refractivity contribution in [1.29, 1.82) is 0 Å². The van der Waals surface area contributed by atoms with E-state index in [4.69, 9.17) is 4.42 Å². The van der Waals surface area contributed by atoms with Crippen LogP contribution < -0.4 is 0 Å². The molecule has 5 heteroatoms. The van der Waals surface area contributed by atoms with Gasteiger partial charge in [-0.3, -0.25) is 4.90 Å². The first-order valence-corrected chi connectivity index (χ1v) is 7.67.